The van der Waals surface area contributed by atoms with Crippen LogP contribution < -0.4 is 5.32 Å². The Morgan fingerprint density at radius 2 is 1.79 bits per heavy atom. The fraction of sp³-hybridized carbons (Fsp3) is 0.182. The van der Waals surface area contributed by atoms with Crippen molar-refractivity contribution in [3.05, 3.63) is 82.7 Å². The van der Waals surface area contributed by atoms with Crippen molar-refractivity contribution in [2.75, 3.05) is 5.32 Å². The number of amides is 1. The number of carbonyl (C=O) groups excluding carboxylic acids is 1. The molecule has 0 atom stereocenters. The van der Waals surface area contributed by atoms with Crippen LogP contribution in [0.2, 0.25) is 0 Å². The van der Waals surface area contributed by atoms with Crippen molar-refractivity contribution in [2.45, 2.75) is 31.7 Å². The predicted molar refractivity (Wildman–Crippen MR) is 115 cm³/mol. The number of nitrogens with zero attached hydrogens (tertiary/aromatic N) is 4. The van der Waals surface area contributed by atoms with E-state index in [0.717, 1.165) is 28.2 Å². The summed E-state index contributed by atoms with van der Waals surface area (Å²) in [6.45, 7) is 5.94. The first kappa shape index (κ1) is 19.1. The Morgan fingerprint density at radius 3 is 2.59 bits per heavy atom. The Labute approximate surface area is 173 Å². The van der Waals surface area contributed by atoms with Crippen LogP contribution in [0.1, 0.15) is 32.9 Å². The van der Waals surface area contributed by atoms with E-state index in [2.05, 4.69) is 20.4 Å². The van der Waals surface area contributed by atoms with Crippen molar-refractivity contribution in [3.63, 3.8) is 0 Å². The molecule has 1 amide bonds. The van der Waals surface area contributed by atoms with Gasteiger partial charge in [0.05, 0.1) is 0 Å². The number of nitrogens with one attached hydrogen (secondary N) is 1. The van der Waals surface area contributed by atoms with E-state index in [0.29, 0.717) is 22.3 Å². The van der Waals surface area contributed by atoms with E-state index >= 15 is 0 Å². The smallest absolute Gasteiger partial charge is 0.255 e. The predicted octanol–water partition coefficient (Wildman–Crippen LogP) is 4.59. The topological polar surface area (TPSA) is 72.2 Å². The number of hydrogen-bond acceptors (Lipinski definition) is 5. The monoisotopic (exact) mass is 403 g/mol. The number of aromatic nitrogens is 4. The first-order chi connectivity index (χ1) is 14.0. The Kier molecular flexibility index (Phi) is 5.31. The van der Waals surface area contributed by atoms with E-state index in [1.54, 1.807) is 4.52 Å². The number of fused-ring (bicyclic) bond motifs is 1. The number of hydrogen-bond donors (Lipinski definition) is 1. The number of benzene rings is 2. The maximum atomic E-state index is 12.8. The molecule has 0 spiro atoms. The van der Waals surface area contributed by atoms with E-state index in [1.165, 1.54) is 11.8 Å². The first-order valence-electron chi connectivity index (χ1n) is 9.29. The van der Waals surface area contributed by atoms with Crippen LogP contribution in [0.4, 0.5) is 5.69 Å². The molecule has 0 aliphatic carbocycles. The lowest BCUT2D eigenvalue weighted by Gasteiger charge is -2.09. The highest BCUT2D eigenvalue weighted by atomic mass is 32.2. The molecule has 0 bridgehead atoms. The molecule has 29 heavy (non-hydrogen) atoms. The van der Waals surface area contributed by atoms with Crippen LogP contribution in [0.25, 0.3) is 5.78 Å². The van der Waals surface area contributed by atoms with E-state index in [1.807, 2.05) is 75.4 Å². The third-order valence-corrected chi connectivity index (χ3v) is 5.41. The molecule has 1 N–H and O–H groups in total. The van der Waals surface area contributed by atoms with E-state index in [-0.39, 0.29) is 5.91 Å². The van der Waals surface area contributed by atoms with Crippen molar-refractivity contribution < 1.29 is 4.79 Å². The second kappa shape index (κ2) is 8.05. The Balaban J connectivity index is 1.52. The van der Waals surface area contributed by atoms with Gasteiger partial charge in [-0.1, -0.05) is 47.7 Å². The van der Waals surface area contributed by atoms with Crippen LogP contribution in [-0.2, 0) is 5.75 Å². The number of anilines is 1. The molecule has 6 nitrogen and oxygen atoms in total. The lowest BCUT2D eigenvalue weighted by Crippen LogP contribution is -2.14. The zero-order valence-corrected chi connectivity index (χ0v) is 17.3. The molecular weight excluding hydrogens is 382 g/mol. The zero-order valence-electron chi connectivity index (χ0n) is 16.5. The molecule has 146 valence electrons. The molecule has 0 saturated carbocycles. The fourth-order valence-electron chi connectivity index (χ4n) is 3.05. The summed E-state index contributed by atoms with van der Waals surface area (Å²) in [6, 6.07) is 17.3. The summed E-state index contributed by atoms with van der Waals surface area (Å²) >= 11 is 1.49. The van der Waals surface area contributed by atoms with E-state index in [9.17, 15) is 4.79 Å². The third-order valence-electron chi connectivity index (χ3n) is 4.53. The molecular formula is C22H21N5OS. The molecule has 7 heteroatoms. The van der Waals surface area contributed by atoms with Crippen LogP contribution in [0.15, 0.2) is 59.8 Å². The van der Waals surface area contributed by atoms with Gasteiger partial charge in [-0.05, 0) is 50.6 Å². The SMILES string of the molecule is Cc1ccc(NC(=O)c2ccccc2CSc2nc3nc(C)cc(C)n3n2)cc1. The maximum absolute atomic E-state index is 12.8. The highest BCUT2D eigenvalue weighted by molar-refractivity contribution is 7.98. The highest BCUT2D eigenvalue weighted by Gasteiger charge is 2.14. The first-order valence-corrected chi connectivity index (χ1v) is 10.3. The van der Waals surface area contributed by atoms with Gasteiger partial charge < -0.3 is 5.32 Å². The highest BCUT2D eigenvalue weighted by Crippen LogP contribution is 2.23. The van der Waals surface area contributed by atoms with Crippen LogP contribution in [0.3, 0.4) is 0 Å². The average molecular weight is 404 g/mol. The molecule has 0 fully saturated rings. The molecule has 2 heterocycles. The molecule has 0 saturated heterocycles. The largest absolute Gasteiger partial charge is 0.322 e. The molecule has 0 radical (unpaired) electrons. The number of carbonyl (C=O) groups is 1. The number of thioether (sulfide) groups is 1. The Bertz CT molecular complexity index is 1180. The van der Waals surface area contributed by atoms with Gasteiger partial charge in [-0.2, -0.15) is 4.98 Å². The summed E-state index contributed by atoms with van der Waals surface area (Å²) in [4.78, 5) is 21.7. The molecule has 0 aliphatic heterocycles. The summed E-state index contributed by atoms with van der Waals surface area (Å²) in [7, 11) is 0. The molecule has 0 aliphatic rings. The molecule has 4 rings (SSSR count). The van der Waals surface area contributed by atoms with Crippen molar-refractivity contribution in [1.82, 2.24) is 19.6 Å². The minimum atomic E-state index is -0.124. The minimum Gasteiger partial charge on any atom is -0.322 e. The molecule has 2 aromatic carbocycles. The van der Waals surface area contributed by atoms with Crippen LogP contribution in [0, 0.1) is 20.8 Å². The summed E-state index contributed by atoms with van der Waals surface area (Å²) in [6.07, 6.45) is 0. The van der Waals surface area contributed by atoms with Crippen LogP contribution in [0.5, 0.6) is 0 Å². The van der Waals surface area contributed by atoms with Gasteiger partial charge in [0.25, 0.3) is 11.7 Å². The Hall–Kier alpha value is -3.19. The van der Waals surface area contributed by atoms with Gasteiger partial charge in [-0.25, -0.2) is 9.50 Å². The summed E-state index contributed by atoms with van der Waals surface area (Å²) in [5.74, 6) is 1.06. The van der Waals surface area contributed by atoms with Crippen molar-refractivity contribution in [2.24, 2.45) is 0 Å². The lowest BCUT2D eigenvalue weighted by molar-refractivity contribution is 0.102. The average Bonchev–Trinajstić information content (AvgIpc) is 3.11. The van der Waals surface area contributed by atoms with Crippen molar-refractivity contribution in [1.29, 1.82) is 0 Å². The normalized spacial score (nSPS) is 11.0. The van der Waals surface area contributed by atoms with Crippen LogP contribution >= 0.6 is 11.8 Å². The van der Waals surface area contributed by atoms with Gasteiger partial charge in [-0.3, -0.25) is 4.79 Å². The fourth-order valence-corrected chi connectivity index (χ4v) is 3.88. The zero-order chi connectivity index (χ0) is 20.4. The summed E-state index contributed by atoms with van der Waals surface area (Å²) < 4.78 is 1.74. The van der Waals surface area contributed by atoms with Gasteiger partial charge in [0, 0.05) is 28.4 Å². The molecule has 4 aromatic rings. The third kappa shape index (κ3) is 4.30. The van der Waals surface area contributed by atoms with E-state index in [4.69, 9.17) is 0 Å². The quantitative estimate of drug-likeness (QED) is 0.493. The number of aryl methyl sites for hydroxylation is 3. The summed E-state index contributed by atoms with van der Waals surface area (Å²) in [5, 5.41) is 8.13. The Morgan fingerprint density at radius 1 is 1.03 bits per heavy atom. The van der Waals surface area contributed by atoms with E-state index < -0.39 is 0 Å². The second-order valence-corrected chi connectivity index (χ2v) is 7.85. The lowest BCUT2D eigenvalue weighted by atomic mass is 10.1. The van der Waals surface area contributed by atoms with Gasteiger partial charge in [0.1, 0.15) is 0 Å². The van der Waals surface area contributed by atoms with Crippen molar-refractivity contribution in [3.8, 4) is 0 Å². The standard InChI is InChI=1S/C22H21N5OS/c1-14-8-10-18(11-9-14)24-20(28)19-7-5-4-6-17(19)13-29-22-25-21-23-15(2)12-16(3)27(21)26-22/h4-12H,13H2,1-3H3,(H,24,28). The van der Waals surface area contributed by atoms with Gasteiger partial charge in [0.15, 0.2) is 0 Å². The maximum Gasteiger partial charge on any atom is 0.255 e. The minimum absolute atomic E-state index is 0.124. The second-order valence-electron chi connectivity index (χ2n) is 6.91. The van der Waals surface area contributed by atoms with Gasteiger partial charge in [-0.15, -0.1) is 5.10 Å². The summed E-state index contributed by atoms with van der Waals surface area (Å²) in [5.41, 5.74) is 5.42. The van der Waals surface area contributed by atoms with Gasteiger partial charge >= 0.3 is 0 Å². The van der Waals surface area contributed by atoms with Gasteiger partial charge in [0.2, 0.25) is 5.16 Å². The van der Waals surface area contributed by atoms with Crippen molar-refractivity contribution >= 4 is 29.1 Å². The molecule has 2 aromatic heterocycles. The molecule has 0 unspecified atom stereocenters. The number of rotatable bonds is 5. The van der Waals surface area contributed by atoms with Crippen LogP contribution in [-0.4, -0.2) is 25.5 Å².